The second-order valence-corrected chi connectivity index (χ2v) is 8.14. The lowest BCUT2D eigenvalue weighted by atomic mass is 10.2. The molecule has 0 bridgehead atoms. The zero-order chi connectivity index (χ0) is 21.7. The van der Waals surface area contributed by atoms with E-state index in [-0.39, 0.29) is 35.0 Å². The molecule has 154 valence electrons. The zero-order valence-electron chi connectivity index (χ0n) is 15.4. The van der Waals surface area contributed by atoms with Crippen LogP contribution >= 0.6 is 11.6 Å². The number of carbonyl (C=O) groups is 1. The molecule has 0 saturated heterocycles. The molecule has 0 spiro atoms. The van der Waals surface area contributed by atoms with E-state index in [2.05, 4.69) is 10.4 Å². The van der Waals surface area contributed by atoms with Crippen LogP contribution < -0.4 is 10.0 Å². The van der Waals surface area contributed by atoms with E-state index in [4.69, 9.17) is 11.6 Å². The molecule has 0 atom stereocenters. The quantitative estimate of drug-likeness (QED) is 0.533. The summed E-state index contributed by atoms with van der Waals surface area (Å²) in [5, 5.41) is 25.8. The van der Waals surface area contributed by atoms with Gasteiger partial charge in [0.15, 0.2) is 5.82 Å². The van der Waals surface area contributed by atoms with E-state index >= 15 is 0 Å². The molecule has 0 radical (unpaired) electrons. The Bertz CT molecular complexity index is 1200. The number of hydrogen-bond acceptors (Lipinski definition) is 6. The Morgan fingerprint density at radius 2 is 1.83 bits per heavy atom. The number of aromatic nitrogens is 2. The first kappa shape index (κ1) is 21.3. The summed E-state index contributed by atoms with van der Waals surface area (Å²) in [6.45, 7) is -0.253. The number of urea groups is 1. The molecular weight excluding hydrogens is 430 g/mol. The first-order valence-corrected chi connectivity index (χ1v) is 10.5. The molecule has 3 rings (SSSR count). The zero-order valence-corrected chi connectivity index (χ0v) is 17.0. The summed E-state index contributed by atoms with van der Waals surface area (Å²) in [5.74, 6) is -0.0176. The third kappa shape index (κ3) is 4.60. The normalized spacial score (nSPS) is 11.0. The lowest BCUT2D eigenvalue weighted by Gasteiger charge is -2.11. The second-order valence-electron chi connectivity index (χ2n) is 6.02. The average Bonchev–Trinajstić information content (AvgIpc) is 3.05. The van der Waals surface area contributed by atoms with E-state index in [1.54, 1.807) is 30.3 Å². The van der Waals surface area contributed by atoms with Gasteiger partial charge >= 0.3 is 6.03 Å². The summed E-state index contributed by atoms with van der Waals surface area (Å²) < 4.78 is 28.0. The number of rotatable bonds is 6. The predicted octanol–water partition coefficient (Wildman–Crippen LogP) is 2.44. The summed E-state index contributed by atoms with van der Waals surface area (Å²) in [6, 6.07) is 14.8. The van der Waals surface area contributed by atoms with Crippen molar-refractivity contribution in [2.75, 3.05) is 11.9 Å². The molecule has 3 aromatic rings. The van der Waals surface area contributed by atoms with Crippen molar-refractivity contribution in [2.45, 2.75) is 11.3 Å². The molecule has 1 aromatic heterocycles. The van der Waals surface area contributed by atoms with E-state index in [1.165, 1.54) is 28.9 Å². The number of carbonyl (C=O) groups excluding carboxylic acids is 1. The van der Waals surface area contributed by atoms with Crippen LogP contribution in [0.25, 0.3) is 5.69 Å². The number of para-hydroxylation sites is 1. The molecule has 0 aliphatic rings. The molecule has 30 heavy (non-hydrogen) atoms. The van der Waals surface area contributed by atoms with Crippen LogP contribution in [0.5, 0.6) is 0 Å². The maximum Gasteiger partial charge on any atom is 0.334 e. The number of halogens is 1. The molecular formula is C19H16ClN5O4S. The van der Waals surface area contributed by atoms with Crippen LogP contribution in [-0.4, -0.2) is 35.9 Å². The smallest absolute Gasteiger partial charge is 0.334 e. The van der Waals surface area contributed by atoms with Crippen LogP contribution in [0.1, 0.15) is 11.3 Å². The summed E-state index contributed by atoms with van der Waals surface area (Å²) in [4.78, 5) is 12.3. The summed E-state index contributed by atoms with van der Waals surface area (Å²) >= 11 is 5.76. The third-order valence-corrected chi connectivity index (χ3v) is 5.60. The number of nitriles is 1. The van der Waals surface area contributed by atoms with Gasteiger partial charge in [-0.25, -0.2) is 22.6 Å². The highest BCUT2D eigenvalue weighted by Gasteiger charge is 2.23. The SMILES string of the molecule is N#Cc1c(CCO)nn(-c2ccccc2)c1NC(=O)NS(=O)(=O)c1ccc(Cl)cc1. The van der Waals surface area contributed by atoms with Crippen LogP contribution in [0, 0.1) is 11.3 Å². The number of amides is 2. The Labute approximate surface area is 177 Å². The Balaban J connectivity index is 1.94. The fourth-order valence-corrected chi connectivity index (χ4v) is 3.69. The Morgan fingerprint density at radius 3 is 2.43 bits per heavy atom. The molecule has 11 heteroatoms. The first-order valence-electron chi connectivity index (χ1n) is 8.63. The minimum absolute atomic E-state index is 0.0176. The lowest BCUT2D eigenvalue weighted by molar-refractivity contribution is 0.256. The third-order valence-electron chi connectivity index (χ3n) is 4.00. The molecule has 1 heterocycles. The highest BCUT2D eigenvalue weighted by Crippen LogP contribution is 2.24. The van der Waals surface area contributed by atoms with Crippen molar-refractivity contribution < 1.29 is 18.3 Å². The molecule has 0 unspecified atom stereocenters. The van der Waals surface area contributed by atoms with Gasteiger partial charge < -0.3 is 5.11 Å². The van der Waals surface area contributed by atoms with Crippen LogP contribution in [0.2, 0.25) is 5.02 Å². The number of aliphatic hydroxyl groups excluding tert-OH is 1. The highest BCUT2D eigenvalue weighted by atomic mass is 35.5. The van der Waals surface area contributed by atoms with Crippen molar-refractivity contribution in [1.82, 2.24) is 14.5 Å². The first-order chi connectivity index (χ1) is 14.4. The van der Waals surface area contributed by atoms with Crippen LogP contribution in [0.15, 0.2) is 59.5 Å². The van der Waals surface area contributed by atoms with E-state index < -0.39 is 16.1 Å². The molecule has 0 fully saturated rings. The molecule has 0 saturated carbocycles. The van der Waals surface area contributed by atoms with Crippen LogP contribution in [-0.2, 0) is 16.4 Å². The topological polar surface area (TPSA) is 137 Å². The van der Waals surface area contributed by atoms with Gasteiger partial charge in [-0.1, -0.05) is 29.8 Å². The van der Waals surface area contributed by atoms with Gasteiger partial charge in [-0.05, 0) is 36.4 Å². The van der Waals surface area contributed by atoms with Crippen molar-refractivity contribution in [3.63, 3.8) is 0 Å². The van der Waals surface area contributed by atoms with Gasteiger partial charge in [0.25, 0.3) is 10.0 Å². The standard InChI is InChI=1S/C19H16ClN5O4S/c20-13-6-8-15(9-7-13)30(28,29)24-19(27)22-18-16(12-21)17(10-11-26)23-25(18)14-4-2-1-3-5-14/h1-9,26H,10-11H2,(H2,22,24,27). The van der Waals surface area contributed by atoms with Gasteiger partial charge in [-0.3, -0.25) is 5.32 Å². The van der Waals surface area contributed by atoms with Crippen LogP contribution in [0.4, 0.5) is 10.6 Å². The van der Waals surface area contributed by atoms with Gasteiger partial charge in [0.1, 0.15) is 11.6 Å². The Hall–Kier alpha value is -3.39. The lowest BCUT2D eigenvalue weighted by Crippen LogP contribution is -2.35. The Kier molecular flexibility index (Phi) is 6.37. The number of benzene rings is 2. The molecule has 9 nitrogen and oxygen atoms in total. The van der Waals surface area contributed by atoms with Crippen molar-refractivity contribution >= 4 is 33.5 Å². The number of hydrogen-bond donors (Lipinski definition) is 3. The van der Waals surface area contributed by atoms with Crippen molar-refractivity contribution in [3.8, 4) is 11.8 Å². The second kappa shape index (κ2) is 8.96. The number of nitrogens with zero attached hydrogens (tertiary/aromatic N) is 3. The van der Waals surface area contributed by atoms with E-state index in [1.807, 2.05) is 10.8 Å². The maximum absolute atomic E-state index is 12.5. The molecule has 2 aromatic carbocycles. The summed E-state index contributed by atoms with van der Waals surface area (Å²) in [7, 11) is -4.17. The number of aliphatic hydroxyl groups is 1. The van der Waals surface area contributed by atoms with E-state index in [9.17, 15) is 23.6 Å². The van der Waals surface area contributed by atoms with Gasteiger partial charge in [0, 0.05) is 18.1 Å². The largest absolute Gasteiger partial charge is 0.396 e. The van der Waals surface area contributed by atoms with Gasteiger partial charge in [0.2, 0.25) is 0 Å². The molecule has 3 N–H and O–H groups in total. The highest BCUT2D eigenvalue weighted by molar-refractivity contribution is 7.90. The monoisotopic (exact) mass is 445 g/mol. The fraction of sp³-hybridized carbons (Fsp3) is 0.105. The average molecular weight is 446 g/mol. The minimum Gasteiger partial charge on any atom is -0.396 e. The number of sulfonamides is 1. The maximum atomic E-state index is 12.5. The Morgan fingerprint density at radius 1 is 1.17 bits per heavy atom. The van der Waals surface area contributed by atoms with E-state index in [0.29, 0.717) is 10.7 Å². The summed E-state index contributed by atoms with van der Waals surface area (Å²) in [6.07, 6.45) is 0.0854. The number of anilines is 1. The van der Waals surface area contributed by atoms with Crippen LogP contribution in [0.3, 0.4) is 0 Å². The molecule has 2 amide bonds. The van der Waals surface area contributed by atoms with Crippen molar-refractivity contribution in [2.24, 2.45) is 0 Å². The van der Waals surface area contributed by atoms with Crippen molar-refractivity contribution in [3.05, 3.63) is 70.9 Å². The fourth-order valence-electron chi connectivity index (χ4n) is 2.66. The van der Waals surface area contributed by atoms with E-state index in [0.717, 1.165) is 0 Å². The summed E-state index contributed by atoms with van der Waals surface area (Å²) in [5.41, 5.74) is 0.820. The van der Waals surface area contributed by atoms with Gasteiger partial charge in [-0.2, -0.15) is 10.4 Å². The van der Waals surface area contributed by atoms with Gasteiger partial charge in [0.05, 0.1) is 16.3 Å². The van der Waals surface area contributed by atoms with Crippen molar-refractivity contribution in [1.29, 1.82) is 5.26 Å². The van der Waals surface area contributed by atoms with Gasteiger partial charge in [-0.15, -0.1) is 0 Å². The molecule has 0 aliphatic heterocycles. The minimum atomic E-state index is -4.17. The predicted molar refractivity (Wildman–Crippen MR) is 110 cm³/mol. The number of nitrogens with one attached hydrogen (secondary N) is 2. The molecule has 0 aliphatic carbocycles.